The molecule has 0 amide bonds. The molecule has 3 atom stereocenters. The number of methoxy groups -OCH3 is 1. The van der Waals surface area contributed by atoms with Gasteiger partial charge in [0.2, 0.25) is 0 Å². The van der Waals surface area contributed by atoms with Gasteiger partial charge < -0.3 is 10.1 Å². The van der Waals surface area contributed by atoms with Crippen LogP contribution in [0, 0.1) is 5.92 Å². The number of halogens is 2. The molecule has 2 aromatic rings. The summed E-state index contributed by atoms with van der Waals surface area (Å²) in [6.45, 7) is 0. The largest absolute Gasteiger partial charge is 0.497 e. The molecule has 3 unspecified atom stereocenters. The van der Waals surface area contributed by atoms with Gasteiger partial charge in [-0.05, 0) is 47.7 Å². The lowest BCUT2D eigenvalue weighted by atomic mass is 9.77. The summed E-state index contributed by atoms with van der Waals surface area (Å²) in [4.78, 5) is 0. The van der Waals surface area contributed by atoms with Crippen molar-refractivity contribution in [2.45, 2.75) is 18.4 Å². The van der Waals surface area contributed by atoms with Gasteiger partial charge >= 0.3 is 0 Å². The average molecular weight is 346 g/mol. The predicted octanol–water partition coefficient (Wildman–Crippen LogP) is 5.83. The Balaban J connectivity index is 1.81. The molecular formula is C19H17Cl2NO. The summed E-state index contributed by atoms with van der Waals surface area (Å²) in [6, 6.07) is 12.2. The van der Waals surface area contributed by atoms with Gasteiger partial charge in [0.05, 0.1) is 23.2 Å². The molecule has 1 N–H and O–H groups in total. The Labute approximate surface area is 146 Å². The molecule has 1 heterocycles. The highest BCUT2D eigenvalue weighted by Gasteiger charge is 2.38. The zero-order valence-corrected chi connectivity index (χ0v) is 14.2. The highest BCUT2D eigenvalue weighted by Crippen LogP contribution is 2.51. The zero-order valence-electron chi connectivity index (χ0n) is 12.7. The smallest absolute Gasteiger partial charge is 0.119 e. The fraction of sp³-hybridized carbons (Fsp3) is 0.263. The molecule has 4 heteroatoms. The summed E-state index contributed by atoms with van der Waals surface area (Å²) in [6.07, 6.45) is 5.59. The number of rotatable bonds is 2. The molecule has 23 heavy (non-hydrogen) atoms. The Kier molecular flexibility index (Phi) is 3.74. The number of fused-ring (bicyclic) bond motifs is 3. The molecule has 0 aromatic heterocycles. The molecule has 0 radical (unpaired) electrons. The lowest BCUT2D eigenvalue weighted by Gasteiger charge is -2.38. The molecule has 118 valence electrons. The third kappa shape index (κ3) is 2.41. The van der Waals surface area contributed by atoms with Crippen LogP contribution in [0.25, 0.3) is 0 Å². The number of benzene rings is 2. The van der Waals surface area contributed by atoms with Gasteiger partial charge in [-0.15, -0.1) is 0 Å². The lowest BCUT2D eigenvalue weighted by molar-refractivity contribution is 0.405. The molecule has 2 nitrogen and oxygen atoms in total. The van der Waals surface area contributed by atoms with Gasteiger partial charge in [0.1, 0.15) is 5.75 Å². The first-order valence-corrected chi connectivity index (χ1v) is 8.49. The first-order chi connectivity index (χ1) is 11.2. The number of ether oxygens (including phenoxy) is 1. The van der Waals surface area contributed by atoms with Crippen LogP contribution >= 0.6 is 23.2 Å². The van der Waals surface area contributed by atoms with Crippen molar-refractivity contribution >= 4 is 28.9 Å². The molecule has 1 aliphatic carbocycles. The maximum atomic E-state index is 6.48. The SMILES string of the molecule is COc1ccc2c(c1)C1C=CCC1C(c1cccc(Cl)c1Cl)N2. The fourth-order valence-electron chi connectivity index (χ4n) is 3.77. The van der Waals surface area contributed by atoms with E-state index >= 15 is 0 Å². The lowest BCUT2D eigenvalue weighted by Crippen LogP contribution is -2.29. The monoisotopic (exact) mass is 345 g/mol. The minimum Gasteiger partial charge on any atom is -0.497 e. The van der Waals surface area contributed by atoms with Gasteiger partial charge in [-0.1, -0.05) is 47.5 Å². The molecule has 0 saturated heterocycles. The van der Waals surface area contributed by atoms with Crippen molar-refractivity contribution in [2.75, 3.05) is 12.4 Å². The zero-order chi connectivity index (χ0) is 16.0. The maximum Gasteiger partial charge on any atom is 0.119 e. The molecule has 2 aliphatic rings. The van der Waals surface area contributed by atoms with E-state index < -0.39 is 0 Å². The predicted molar refractivity (Wildman–Crippen MR) is 95.8 cm³/mol. The van der Waals surface area contributed by atoms with Gasteiger partial charge in [0.25, 0.3) is 0 Å². The van der Waals surface area contributed by atoms with Gasteiger partial charge in [-0.25, -0.2) is 0 Å². The number of hydrogen-bond acceptors (Lipinski definition) is 2. The van der Waals surface area contributed by atoms with Crippen LogP contribution in [0.15, 0.2) is 48.6 Å². The number of allylic oxidation sites excluding steroid dienone is 2. The van der Waals surface area contributed by atoms with E-state index in [1.54, 1.807) is 7.11 Å². The molecule has 0 spiro atoms. The number of nitrogens with one attached hydrogen (secondary N) is 1. The van der Waals surface area contributed by atoms with E-state index in [9.17, 15) is 0 Å². The molecule has 2 aromatic carbocycles. The van der Waals surface area contributed by atoms with Crippen molar-refractivity contribution in [3.05, 3.63) is 69.7 Å². The van der Waals surface area contributed by atoms with E-state index in [2.05, 4.69) is 35.7 Å². The Morgan fingerprint density at radius 2 is 2.00 bits per heavy atom. The van der Waals surface area contributed by atoms with E-state index in [0.717, 1.165) is 23.4 Å². The minimum absolute atomic E-state index is 0.155. The van der Waals surface area contributed by atoms with E-state index in [0.29, 0.717) is 21.9 Å². The second kappa shape index (κ2) is 5.77. The molecule has 0 fully saturated rings. The van der Waals surface area contributed by atoms with Crippen molar-refractivity contribution in [3.63, 3.8) is 0 Å². The van der Waals surface area contributed by atoms with Crippen LogP contribution in [0.5, 0.6) is 5.75 Å². The Hall–Kier alpha value is -1.64. The Morgan fingerprint density at radius 1 is 1.13 bits per heavy atom. The van der Waals surface area contributed by atoms with Crippen LogP contribution in [-0.4, -0.2) is 7.11 Å². The first-order valence-electron chi connectivity index (χ1n) is 7.74. The number of anilines is 1. The van der Waals surface area contributed by atoms with Crippen LogP contribution in [-0.2, 0) is 0 Å². The summed E-state index contributed by atoms with van der Waals surface area (Å²) in [5, 5.41) is 4.92. The summed E-state index contributed by atoms with van der Waals surface area (Å²) >= 11 is 12.7. The van der Waals surface area contributed by atoms with E-state index in [1.165, 1.54) is 5.56 Å². The van der Waals surface area contributed by atoms with Crippen molar-refractivity contribution in [3.8, 4) is 5.75 Å². The maximum absolute atomic E-state index is 6.48. The molecule has 1 aliphatic heterocycles. The van der Waals surface area contributed by atoms with Crippen LogP contribution in [0.1, 0.15) is 29.5 Å². The highest BCUT2D eigenvalue weighted by molar-refractivity contribution is 6.42. The summed E-state index contributed by atoms with van der Waals surface area (Å²) in [5.41, 5.74) is 3.50. The second-order valence-electron chi connectivity index (χ2n) is 6.07. The minimum atomic E-state index is 0.155. The quantitative estimate of drug-likeness (QED) is 0.691. The van der Waals surface area contributed by atoms with Crippen molar-refractivity contribution < 1.29 is 4.74 Å². The van der Waals surface area contributed by atoms with Crippen molar-refractivity contribution in [1.29, 1.82) is 0 Å². The van der Waals surface area contributed by atoms with Gasteiger partial charge in [0.15, 0.2) is 0 Å². The van der Waals surface area contributed by atoms with Crippen LogP contribution in [0.2, 0.25) is 10.0 Å². The highest BCUT2D eigenvalue weighted by atomic mass is 35.5. The normalized spacial score (nSPS) is 24.7. The fourth-order valence-corrected chi connectivity index (χ4v) is 4.19. The van der Waals surface area contributed by atoms with Gasteiger partial charge in [0, 0.05) is 11.6 Å². The average Bonchev–Trinajstić information content (AvgIpc) is 3.06. The van der Waals surface area contributed by atoms with Crippen LogP contribution < -0.4 is 10.1 Å². The topological polar surface area (TPSA) is 21.3 Å². The second-order valence-corrected chi connectivity index (χ2v) is 6.86. The van der Waals surface area contributed by atoms with Crippen molar-refractivity contribution in [2.24, 2.45) is 5.92 Å². The van der Waals surface area contributed by atoms with Crippen molar-refractivity contribution in [1.82, 2.24) is 0 Å². The standard InChI is InChI=1S/C19H17Cl2NO/c1-23-11-8-9-17-15(10-11)12-4-2-5-13(12)19(22-17)14-6-3-7-16(20)18(14)21/h2-4,6-10,12-13,19,22H,5H2,1H3. The Morgan fingerprint density at radius 3 is 2.83 bits per heavy atom. The van der Waals surface area contributed by atoms with E-state index in [1.807, 2.05) is 18.2 Å². The summed E-state index contributed by atoms with van der Waals surface area (Å²) in [5.74, 6) is 1.70. The summed E-state index contributed by atoms with van der Waals surface area (Å²) < 4.78 is 5.38. The Bertz CT molecular complexity index is 787. The van der Waals surface area contributed by atoms with E-state index in [4.69, 9.17) is 27.9 Å². The molecular weight excluding hydrogens is 329 g/mol. The molecule has 0 bridgehead atoms. The van der Waals surface area contributed by atoms with E-state index in [-0.39, 0.29) is 6.04 Å². The molecule has 4 rings (SSSR count). The first kappa shape index (κ1) is 14.9. The van der Waals surface area contributed by atoms with Gasteiger partial charge in [-0.2, -0.15) is 0 Å². The third-order valence-electron chi connectivity index (χ3n) is 4.89. The molecule has 0 saturated carbocycles. The number of hydrogen-bond donors (Lipinski definition) is 1. The third-order valence-corrected chi connectivity index (χ3v) is 5.72. The van der Waals surface area contributed by atoms with Crippen LogP contribution in [0.3, 0.4) is 0 Å². The van der Waals surface area contributed by atoms with Gasteiger partial charge in [-0.3, -0.25) is 0 Å². The van der Waals surface area contributed by atoms with Crippen LogP contribution in [0.4, 0.5) is 5.69 Å². The summed E-state index contributed by atoms with van der Waals surface area (Å²) in [7, 11) is 1.70.